The number of hydrogen-bond acceptors (Lipinski definition) is 3. The minimum Gasteiger partial charge on any atom is -0.488 e. The number of benzene rings is 4. The summed E-state index contributed by atoms with van der Waals surface area (Å²) in [6.45, 7) is 0.456. The van der Waals surface area contributed by atoms with Crippen LogP contribution in [0.25, 0.3) is 43.6 Å². The van der Waals surface area contributed by atoms with Crippen molar-refractivity contribution in [3.63, 3.8) is 0 Å². The van der Waals surface area contributed by atoms with Gasteiger partial charge in [-0.15, -0.1) is 0 Å². The van der Waals surface area contributed by atoms with Crippen molar-refractivity contribution in [1.82, 2.24) is 0 Å². The summed E-state index contributed by atoms with van der Waals surface area (Å²) in [7, 11) is 0. The fourth-order valence-corrected chi connectivity index (χ4v) is 4.09. The van der Waals surface area contributed by atoms with Crippen molar-refractivity contribution in [3.8, 4) is 16.9 Å². The van der Waals surface area contributed by atoms with Gasteiger partial charge in [-0.1, -0.05) is 48.5 Å². The third-order valence-electron chi connectivity index (χ3n) is 5.39. The molecule has 1 aliphatic rings. The van der Waals surface area contributed by atoms with E-state index in [1.165, 1.54) is 0 Å². The molecule has 0 atom stereocenters. The Labute approximate surface area is 154 Å². The molecule has 0 fully saturated rings. The summed E-state index contributed by atoms with van der Waals surface area (Å²) in [5.41, 5.74) is 3.52. The number of ether oxygens (including phenoxy) is 1. The molecule has 0 N–H and O–H groups in total. The molecule has 6 rings (SSSR count). The molecule has 3 nitrogen and oxygen atoms in total. The Hall–Kier alpha value is -3.59. The Morgan fingerprint density at radius 2 is 1.56 bits per heavy atom. The Bertz CT molecular complexity index is 1440. The maximum absolute atomic E-state index is 12.8. The van der Waals surface area contributed by atoms with E-state index >= 15 is 0 Å². The van der Waals surface area contributed by atoms with E-state index in [2.05, 4.69) is 18.2 Å². The zero-order valence-electron chi connectivity index (χ0n) is 14.4. The first-order chi connectivity index (χ1) is 13.3. The lowest BCUT2D eigenvalue weighted by molar-refractivity contribution is 0.302. The van der Waals surface area contributed by atoms with Crippen molar-refractivity contribution < 1.29 is 9.15 Å². The van der Waals surface area contributed by atoms with Gasteiger partial charge in [0.2, 0.25) is 0 Å². The first-order valence-corrected chi connectivity index (χ1v) is 8.93. The highest BCUT2D eigenvalue weighted by molar-refractivity contribution is 6.14. The third-order valence-corrected chi connectivity index (χ3v) is 5.39. The van der Waals surface area contributed by atoms with Gasteiger partial charge in [-0.25, -0.2) is 4.79 Å². The normalized spacial score (nSPS) is 12.7. The van der Waals surface area contributed by atoms with Crippen LogP contribution in [0.3, 0.4) is 0 Å². The number of rotatable bonds is 0. The predicted octanol–water partition coefficient (Wildman–Crippen LogP) is 5.66. The highest BCUT2D eigenvalue weighted by Gasteiger charge is 2.20. The quantitative estimate of drug-likeness (QED) is 0.267. The van der Waals surface area contributed by atoms with Crippen LogP contribution in [0.4, 0.5) is 0 Å². The van der Waals surface area contributed by atoms with Gasteiger partial charge in [-0.05, 0) is 40.8 Å². The van der Waals surface area contributed by atoms with E-state index in [1.807, 2.05) is 54.6 Å². The molecular weight excluding hydrogens is 336 g/mol. The van der Waals surface area contributed by atoms with Gasteiger partial charge in [-0.3, -0.25) is 0 Å². The lowest BCUT2D eigenvalue weighted by atomic mass is 9.92. The second kappa shape index (κ2) is 5.21. The van der Waals surface area contributed by atoms with Crippen LogP contribution in [0, 0.1) is 0 Å². The molecule has 27 heavy (non-hydrogen) atoms. The zero-order valence-corrected chi connectivity index (χ0v) is 14.4. The average Bonchev–Trinajstić information content (AvgIpc) is 2.72. The van der Waals surface area contributed by atoms with Gasteiger partial charge in [0.15, 0.2) is 0 Å². The minimum atomic E-state index is -0.310. The monoisotopic (exact) mass is 350 g/mol. The van der Waals surface area contributed by atoms with Gasteiger partial charge in [0.05, 0.1) is 5.39 Å². The molecule has 0 unspecified atom stereocenters. The highest BCUT2D eigenvalue weighted by atomic mass is 16.5. The van der Waals surface area contributed by atoms with Crippen LogP contribution >= 0.6 is 0 Å². The topological polar surface area (TPSA) is 39.4 Å². The molecule has 0 bridgehead atoms. The molecule has 0 saturated heterocycles. The van der Waals surface area contributed by atoms with Gasteiger partial charge < -0.3 is 9.15 Å². The predicted molar refractivity (Wildman–Crippen MR) is 107 cm³/mol. The van der Waals surface area contributed by atoms with E-state index < -0.39 is 0 Å². The largest absolute Gasteiger partial charge is 0.488 e. The molecule has 0 aliphatic carbocycles. The van der Waals surface area contributed by atoms with E-state index in [4.69, 9.17) is 9.15 Å². The lowest BCUT2D eigenvalue weighted by Crippen LogP contribution is -2.08. The van der Waals surface area contributed by atoms with Crippen LogP contribution in [-0.2, 0) is 6.61 Å². The highest BCUT2D eigenvalue weighted by Crippen LogP contribution is 2.40. The maximum Gasteiger partial charge on any atom is 0.344 e. The summed E-state index contributed by atoms with van der Waals surface area (Å²) < 4.78 is 11.6. The van der Waals surface area contributed by atoms with E-state index in [0.29, 0.717) is 17.6 Å². The van der Waals surface area contributed by atoms with Gasteiger partial charge in [0.1, 0.15) is 17.9 Å². The van der Waals surface area contributed by atoms with Crippen LogP contribution in [-0.4, -0.2) is 0 Å². The summed E-state index contributed by atoms with van der Waals surface area (Å²) in [6.07, 6.45) is 0. The summed E-state index contributed by atoms with van der Waals surface area (Å²) in [4.78, 5) is 12.8. The molecule has 128 valence electrons. The third kappa shape index (κ3) is 1.99. The molecule has 0 spiro atoms. The van der Waals surface area contributed by atoms with Crippen molar-refractivity contribution >= 4 is 32.5 Å². The maximum atomic E-state index is 12.8. The van der Waals surface area contributed by atoms with Crippen molar-refractivity contribution in [3.05, 3.63) is 88.8 Å². The standard InChI is InChI=1S/C24H14O3/c25-24-21-11-15-13-26-22-8-4-3-7-17(22)19(15)12-20(21)18-10-9-14-5-1-2-6-16(14)23(18)27-24/h1-12H,13H2. The SMILES string of the molecule is O=c1oc2c3ccccc3ccc2c2cc3c(cc12)COc1ccccc1-3. The fraction of sp³-hybridized carbons (Fsp3) is 0.0417. The molecule has 0 saturated carbocycles. The average molecular weight is 350 g/mol. The molecule has 1 aliphatic heterocycles. The molecule has 0 radical (unpaired) electrons. The summed E-state index contributed by atoms with van der Waals surface area (Å²) in [6, 6.07) is 24.1. The van der Waals surface area contributed by atoms with E-state index in [9.17, 15) is 4.79 Å². The van der Waals surface area contributed by atoms with E-state index in [0.717, 1.165) is 44.0 Å². The van der Waals surface area contributed by atoms with Crippen molar-refractivity contribution in [2.75, 3.05) is 0 Å². The number of hydrogen-bond donors (Lipinski definition) is 0. The Kier molecular flexibility index (Phi) is 2.81. The number of fused-ring (bicyclic) bond motifs is 8. The van der Waals surface area contributed by atoms with Crippen LogP contribution < -0.4 is 10.4 Å². The summed E-state index contributed by atoms with van der Waals surface area (Å²) >= 11 is 0. The summed E-state index contributed by atoms with van der Waals surface area (Å²) in [5.74, 6) is 0.877. The van der Waals surface area contributed by atoms with Gasteiger partial charge in [0, 0.05) is 21.7 Å². The van der Waals surface area contributed by atoms with Crippen LogP contribution in [0.5, 0.6) is 5.75 Å². The first kappa shape index (κ1) is 14.6. The Morgan fingerprint density at radius 3 is 2.52 bits per heavy atom. The molecular formula is C24H14O3. The first-order valence-electron chi connectivity index (χ1n) is 8.93. The van der Waals surface area contributed by atoms with Crippen molar-refractivity contribution in [1.29, 1.82) is 0 Å². The molecule has 1 aromatic heterocycles. The van der Waals surface area contributed by atoms with Crippen LogP contribution in [0.15, 0.2) is 82.0 Å². The van der Waals surface area contributed by atoms with Gasteiger partial charge in [-0.2, -0.15) is 0 Å². The Morgan fingerprint density at radius 1 is 0.704 bits per heavy atom. The van der Waals surface area contributed by atoms with Crippen molar-refractivity contribution in [2.24, 2.45) is 0 Å². The number of para-hydroxylation sites is 1. The second-order valence-electron chi connectivity index (χ2n) is 6.89. The van der Waals surface area contributed by atoms with Crippen molar-refractivity contribution in [2.45, 2.75) is 6.61 Å². The molecule has 3 heteroatoms. The van der Waals surface area contributed by atoms with E-state index in [1.54, 1.807) is 0 Å². The minimum absolute atomic E-state index is 0.310. The molecule has 4 aromatic carbocycles. The molecule has 2 heterocycles. The smallest absolute Gasteiger partial charge is 0.344 e. The second-order valence-corrected chi connectivity index (χ2v) is 6.89. The van der Waals surface area contributed by atoms with Crippen LogP contribution in [0.1, 0.15) is 5.56 Å². The van der Waals surface area contributed by atoms with Gasteiger partial charge in [0.25, 0.3) is 0 Å². The van der Waals surface area contributed by atoms with Gasteiger partial charge >= 0.3 is 5.63 Å². The Balaban J connectivity index is 1.79. The summed E-state index contributed by atoms with van der Waals surface area (Å²) in [5, 5.41) is 4.48. The zero-order chi connectivity index (χ0) is 18.0. The van der Waals surface area contributed by atoms with Crippen LogP contribution in [0.2, 0.25) is 0 Å². The lowest BCUT2D eigenvalue weighted by Gasteiger charge is -2.21. The fourth-order valence-electron chi connectivity index (χ4n) is 4.09. The molecule has 0 amide bonds. The molecule has 5 aromatic rings. The van der Waals surface area contributed by atoms with E-state index in [-0.39, 0.29) is 5.63 Å².